The number of benzene rings is 1. The molecular weight excluding hydrogens is 392 g/mol. The number of likely N-dealkylation sites (N-methyl/N-ethyl adjacent to an activating group) is 1. The molecule has 1 N–H and O–H groups in total. The highest BCUT2D eigenvalue weighted by Crippen LogP contribution is 2.32. The SMILES string of the molecule is CCN1CCN(C(=O)c2oc3ccccc3c2NC(=O)c2ccc([N+](=O)[O-])o2)CC1. The van der Waals surface area contributed by atoms with E-state index in [1.807, 2.05) is 0 Å². The summed E-state index contributed by atoms with van der Waals surface area (Å²) in [5, 5.41) is 14.0. The van der Waals surface area contributed by atoms with Crippen molar-refractivity contribution in [1.29, 1.82) is 0 Å². The third-order valence-corrected chi connectivity index (χ3v) is 5.13. The molecule has 1 aromatic carbocycles. The van der Waals surface area contributed by atoms with E-state index in [2.05, 4.69) is 17.1 Å². The fourth-order valence-corrected chi connectivity index (χ4v) is 3.45. The van der Waals surface area contributed by atoms with Crippen molar-refractivity contribution in [2.45, 2.75) is 6.92 Å². The van der Waals surface area contributed by atoms with Crippen molar-refractivity contribution in [3.05, 3.63) is 58.0 Å². The van der Waals surface area contributed by atoms with Crippen LogP contribution in [0.25, 0.3) is 11.0 Å². The lowest BCUT2D eigenvalue weighted by Crippen LogP contribution is -2.48. The second kappa shape index (κ2) is 7.99. The quantitative estimate of drug-likeness (QED) is 0.505. The second-order valence-electron chi connectivity index (χ2n) is 6.88. The summed E-state index contributed by atoms with van der Waals surface area (Å²) in [5.41, 5.74) is 0.673. The van der Waals surface area contributed by atoms with Crippen molar-refractivity contribution in [2.75, 3.05) is 38.0 Å². The molecule has 30 heavy (non-hydrogen) atoms. The molecule has 1 aliphatic rings. The minimum Gasteiger partial charge on any atom is -0.449 e. The van der Waals surface area contributed by atoms with Crippen molar-refractivity contribution in [1.82, 2.24) is 9.80 Å². The fourth-order valence-electron chi connectivity index (χ4n) is 3.45. The van der Waals surface area contributed by atoms with Gasteiger partial charge in [-0.05, 0) is 24.7 Å². The summed E-state index contributed by atoms with van der Waals surface area (Å²) in [6.45, 7) is 5.63. The minimum atomic E-state index is -0.727. The molecule has 2 amide bonds. The molecule has 0 atom stereocenters. The van der Waals surface area contributed by atoms with E-state index in [1.54, 1.807) is 29.2 Å². The van der Waals surface area contributed by atoms with E-state index in [1.165, 1.54) is 6.07 Å². The van der Waals surface area contributed by atoms with Crippen molar-refractivity contribution in [2.24, 2.45) is 0 Å². The van der Waals surface area contributed by atoms with Gasteiger partial charge in [0.05, 0.1) is 6.07 Å². The molecule has 1 aliphatic heterocycles. The van der Waals surface area contributed by atoms with Crippen LogP contribution in [-0.2, 0) is 0 Å². The molecule has 3 aromatic rings. The molecule has 4 rings (SSSR count). The van der Waals surface area contributed by atoms with Gasteiger partial charge in [0.1, 0.15) is 16.2 Å². The van der Waals surface area contributed by atoms with Crippen LogP contribution < -0.4 is 5.32 Å². The number of nitro groups is 1. The summed E-state index contributed by atoms with van der Waals surface area (Å²) in [4.78, 5) is 39.8. The Kier molecular flexibility index (Phi) is 5.23. The molecule has 0 spiro atoms. The highest BCUT2D eigenvalue weighted by Gasteiger charge is 2.29. The van der Waals surface area contributed by atoms with Crippen LogP contribution in [-0.4, -0.2) is 59.3 Å². The Hall–Kier alpha value is -3.66. The predicted octanol–water partition coefficient (Wildman–Crippen LogP) is 2.96. The Morgan fingerprint density at radius 1 is 1.10 bits per heavy atom. The van der Waals surface area contributed by atoms with E-state index in [-0.39, 0.29) is 23.1 Å². The van der Waals surface area contributed by atoms with Gasteiger partial charge in [-0.1, -0.05) is 19.1 Å². The van der Waals surface area contributed by atoms with Gasteiger partial charge in [0.15, 0.2) is 5.76 Å². The summed E-state index contributed by atoms with van der Waals surface area (Å²) >= 11 is 0. The highest BCUT2D eigenvalue weighted by molar-refractivity contribution is 6.13. The van der Waals surface area contributed by atoms with Gasteiger partial charge in [-0.15, -0.1) is 0 Å². The maximum atomic E-state index is 13.1. The first kappa shape index (κ1) is 19.6. The van der Waals surface area contributed by atoms with Gasteiger partial charge >= 0.3 is 5.88 Å². The highest BCUT2D eigenvalue weighted by atomic mass is 16.6. The van der Waals surface area contributed by atoms with Gasteiger partial charge in [-0.25, -0.2) is 0 Å². The molecule has 0 bridgehead atoms. The summed E-state index contributed by atoms with van der Waals surface area (Å²) in [5.74, 6) is -1.78. The first-order valence-electron chi connectivity index (χ1n) is 9.56. The third-order valence-electron chi connectivity index (χ3n) is 5.13. The monoisotopic (exact) mass is 412 g/mol. The van der Waals surface area contributed by atoms with Crippen LogP contribution in [0.3, 0.4) is 0 Å². The Balaban J connectivity index is 1.64. The predicted molar refractivity (Wildman–Crippen MR) is 108 cm³/mol. The van der Waals surface area contributed by atoms with Crippen LogP contribution in [0.15, 0.2) is 45.2 Å². The number of nitrogens with one attached hydrogen (secondary N) is 1. The first-order chi connectivity index (χ1) is 14.5. The summed E-state index contributed by atoms with van der Waals surface area (Å²) < 4.78 is 10.8. The number of hydrogen-bond donors (Lipinski definition) is 1. The van der Waals surface area contributed by atoms with Crippen LogP contribution in [0.2, 0.25) is 0 Å². The van der Waals surface area contributed by atoms with Crippen molar-refractivity contribution >= 4 is 34.4 Å². The lowest BCUT2D eigenvalue weighted by Gasteiger charge is -2.33. The molecular formula is C20H20N4O6. The molecule has 0 unspecified atom stereocenters. The zero-order valence-corrected chi connectivity index (χ0v) is 16.3. The van der Waals surface area contributed by atoms with Crippen LogP contribution in [0, 0.1) is 10.1 Å². The van der Waals surface area contributed by atoms with Gasteiger partial charge in [0.25, 0.3) is 11.8 Å². The standard InChI is InChI=1S/C20H20N4O6/c1-2-22-9-11-23(12-10-22)20(26)18-17(13-5-3-4-6-14(13)30-18)21-19(25)15-7-8-16(29-15)24(27)28/h3-8H,2,9-12H2,1H3,(H,21,25). The lowest BCUT2D eigenvalue weighted by molar-refractivity contribution is -0.402. The fraction of sp³-hybridized carbons (Fsp3) is 0.300. The normalized spacial score (nSPS) is 14.8. The van der Waals surface area contributed by atoms with E-state index < -0.39 is 16.7 Å². The van der Waals surface area contributed by atoms with Gasteiger partial charge in [0.2, 0.25) is 5.76 Å². The Morgan fingerprint density at radius 3 is 2.50 bits per heavy atom. The number of para-hydroxylation sites is 1. The summed E-state index contributed by atoms with van der Waals surface area (Å²) in [6.07, 6.45) is 0. The molecule has 156 valence electrons. The van der Waals surface area contributed by atoms with Crippen LogP contribution in [0.1, 0.15) is 28.0 Å². The summed E-state index contributed by atoms with van der Waals surface area (Å²) in [7, 11) is 0. The minimum absolute atomic E-state index is 0.0237. The molecule has 2 aromatic heterocycles. The molecule has 0 saturated carbocycles. The Labute approximate surface area is 171 Å². The number of carbonyl (C=O) groups is 2. The van der Waals surface area contributed by atoms with E-state index in [9.17, 15) is 19.7 Å². The van der Waals surface area contributed by atoms with E-state index in [0.717, 1.165) is 25.7 Å². The van der Waals surface area contributed by atoms with Crippen molar-refractivity contribution in [3.8, 4) is 0 Å². The number of anilines is 1. The van der Waals surface area contributed by atoms with Crippen LogP contribution in [0.5, 0.6) is 0 Å². The molecule has 10 nitrogen and oxygen atoms in total. The summed E-state index contributed by atoms with van der Waals surface area (Å²) in [6, 6.07) is 9.27. The van der Waals surface area contributed by atoms with Gasteiger partial charge in [0, 0.05) is 31.6 Å². The van der Waals surface area contributed by atoms with Gasteiger partial charge in [-0.3, -0.25) is 19.7 Å². The number of fused-ring (bicyclic) bond motifs is 1. The maximum absolute atomic E-state index is 13.1. The number of nitrogens with zero attached hydrogens (tertiary/aromatic N) is 3. The zero-order chi connectivity index (χ0) is 21.3. The number of furan rings is 2. The second-order valence-corrected chi connectivity index (χ2v) is 6.88. The number of rotatable bonds is 5. The topological polar surface area (TPSA) is 122 Å². The number of carbonyl (C=O) groups excluding carboxylic acids is 2. The Bertz CT molecular complexity index is 1110. The molecule has 1 fully saturated rings. The molecule has 0 aliphatic carbocycles. The smallest absolute Gasteiger partial charge is 0.433 e. The average Bonchev–Trinajstić information content (AvgIpc) is 3.39. The van der Waals surface area contributed by atoms with Crippen molar-refractivity contribution < 1.29 is 23.3 Å². The van der Waals surface area contributed by atoms with E-state index in [0.29, 0.717) is 24.1 Å². The zero-order valence-electron chi connectivity index (χ0n) is 16.3. The molecule has 0 radical (unpaired) electrons. The first-order valence-corrected chi connectivity index (χ1v) is 9.56. The van der Waals surface area contributed by atoms with Gasteiger partial charge < -0.3 is 24.0 Å². The number of amides is 2. The lowest BCUT2D eigenvalue weighted by atomic mass is 10.2. The maximum Gasteiger partial charge on any atom is 0.433 e. The Morgan fingerprint density at radius 2 is 1.83 bits per heavy atom. The largest absolute Gasteiger partial charge is 0.449 e. The number of hydrogen-bond acceptors (Lipinski definition) is 7. The van der Waals surface area contributed by atoms with Crippen LogP contribution >= 0.6 is 0 Å². The van der Waals surface area contributed by atoms with Gasteiger partial charge in [-0.2, -0.15) is 0 Å². The van der Waals surface area contributed by atoms with E-state index in [4.69, 9.17) is 8.83 Å². The molecule has 1 saturated heterocycles. The van der Waals surface area contributed by atoms with Crippen LogP contribution in [0.4, 0.5) is 11.6 Å². The number of piperazine rings is 1. The molecule has 3 heterocycles. The van der Waals surface area contributed by atoms with Crippen molar-refractivity contribution in [3.63, 3.8) is 0 Å². The molecule has 10 heteroatoms. The average molecular weight is 412 g/mol. The van der Waals surface area contributed by atoms with E-state index >= 15 is 0 Å². The third kappa shape index (κ3) is 3.64.